The SMILES string of the molecule is CC(C)CN=C1NC(=O)C(c2cnn(C(C)C)c2)N1. The Morgan fingerprint density at radius 3 is 2.74 bits per heavy atom. The molecule has 2 heterocycles. The van der Waals surface area contributed by atoms with Crippen LogP contribution in [0.4, 0.5) is 0 Å². The molecule has 1 fully saturated rings. The lowest BCUT2D eigenvalue weighted by atomic mass is 10.2. The minimum atomic E-state index is -0.390. The molecule has 6 heteroatoms. The van der Waals surface area contributed by atoms with Gasteiger partial charge in [0, 0.05) is 24.3 Å². The minimum absolute atomic E-state index is 0.0780. The van der Waals surface area contributed by atoms with Crippen LogP contribution in [0.1, 0.15) is 45.3 Å². The maximum Gasteiger partial charge on any atom is 0.254 e. The molecule has 0 saturated carbocycles. The zero-order valence-corrected chi connectivity index (χ0v) is 11.8. The molecule has 1 aromatic rings. The Morgan fingerprint density at radius 2 is 2.16 bits per heavy atom. The van der Waals surface area contributed by atoms with Crippen LogP contribution in [0.15, 0.2) is 17.4 Å². The average molecular weight is 263 g/mol. The quantitative estimate of drug-likeness (QED) is 0.858. The molecule has 1 aromatic heterocycles. The Hall–Kier alpha value is -1.85. The number of amides is 1. The number of carbonyl (C=O) groups is 1. The molecule has 0 aliphatic carbocycles. The highest BCUT2D eigenvalue weighted by atomic mass is 16.2. The van der Waals surface area contributed by atoms with Gasteiger partial charge in [0.15, 0.2) is 5.96 Å². The van der Waals surface area contributed by atoms with Gasteiger partial charge in [0.05, 0.1) is 6.20 Å². The van der Waals surface area contributed by atoms with E-state index in [1.54, 1.807) is 6.20 Å². The third-order valence-corrected chi connectivity index (χ3v) is 2.88. The van der Waals surface area contributed by atoms with E-state index in [1.165, 1.54) is 0 Å². The van der Waals surface area contributed by atoms with Gasteiger partial charge in [0.25, 0.3) is 5.91 Å². The second-order valence-corrected chi connectivity index (χ2v) is 5.50. The number of nitrogens with zero attached hydrogens (tertiary/aromatic N) is 3. The number of nitrogens with one attached hydrogen (secondary N) is 2. The molecular weight excluding hydrogens is 242 g/mol. The van der Waals surface area contributed by atoms with Crippen molar-refractivity contribution in [3.05, 3.63) is 18.0 Å². The van der Waals surface area contributed by atoms with Gasteiger partial charge in [-0.05, 0) is 19.8 Å². The van der Waals surface area contributed by atoms with Crippen molar-refractivity contribution in [3.63, 3.8) is 0 Å². The molecule has 2 N–H and O–H groups in total. The lowest BCUT2D eigenvalue weighted by Crippen LogP contribution is -2.26. The summed E-state index contributed by atoms with van der Waals surface area (Å²) in [7, 11) is 0. The zero-order chi connectivity index (χ0) is 14.0. The first kappa shape index (κ1) is 13.6. The zero-order valence-electron chi connectivity index (χ0n) is 11.8. The largest absolute Gasteiger partial charge is 0.340 e. The van der Waals surface area contributed by atoms with Crippen LogP contribution < -0.4 is 10.6 Å². The first-order valence-electron chi connectivity index (χ1n) is 6.63. The Morgan fingerprint density at radius 1 is 1.42 bits per heavy atom. The summed E-state index contributed by atoms with van der Waals surface area (Å²) in [5.41, 5.74) is 0.862. The second-order valence-electron chi connectivity index (χ2n) is 5.50. The number of guanidine groups is 1. The van der Waals surface area contributed by atoms with Gasteiger partial charge in [-0.25, -0.2) is 0 Å². The second kappa shape index (κ2) is 5.42. The summed E-state index contributed by atoms with van der Waals surface area (Å²) in [5.74, 6) is 0.945. The van der Waals surface area contributed by atoms with Gasteiger partial charge in [-0.15, -0.1) is 0 Å². The molecule has 0 bridgehead atoms. The van der Waals surface area contributed by atoms with Crippen LogP contribution in [0.5, 0.6) is 0 Å². The highest BCUT2D eigenvalue weighted by Gasteiger charge is 2.30. The molecule has 0 radical (unpaired) electrons. The lowest BCUT2D eigenvalue weighted by molar-refractivity contribution is -0.120. The van der Waals surface area contributed by atoms with Crippen LogP contribution in [0, 0.1) is 5.92 Å². The summed E-state index contributed by atoms with van der Waals surface area (Å²) in [5, 5.41) is 10.1. The number of hydrogen-bond acceptors (Lipinski definition) is 3. The van der Waals surface area contributed by atoms with Crippen LogP contribution >= 0.6 is 0 Å². The normalized spacial score (nSPS) is 21.3. The summed E-state index contributed by atoms with van der Waals surface area (Å²) in [4.78, 5) is 16.3. The van der Waals surface area contributed by atoms with E-state index in [9.17, 15) is 4.79 Å². The molecule has 1 aliphatic heterocycles. The Bertz CT molecular complexity index is 489. The molecule has 0 aromatic carbocycles. The lowest BCUT2D eigenvalue weighted by Gasteiger charge is -2.06. The summed E-state index contributed by atoms with van der Waals surface area (Å²) in [6, 6.07) is -0.106. The number of aliphatic imine (C=N–C) groups is 1. The van der Waals surface area contributed by atoms with Crippen LogP contribution in [-0.4, -0.2) is 28.2 Å². The first-order chi connectivity index (χ1) is 8.97. The van der Waals surface area contributed by atoms with E-state index in [2.05, 4.69) is 48.4 Å². The fraction of sp³-hybridized carbons (Fsp3) is 0.615. The molecule has 1 amide bonds. The van der Waals surface area contributed by atoms with Gasteiger partial charge in [-0.2, -0.15) is 5.10 Å². The van der Waals surface area contributed by atoms with Crippen molar-refractivity contribution >= 4 is 11.9 Å². The van der Waals surface area contributed by atoms with Gasteiger partial charge < -0.3 is 5.32 Å². The maximum absolute atomic E-state index is 11.9. The molecule has 1 aliphatic rings. The van der Waals surface area contributed by atoms with E-state index >= 15 is 0 Å². The highest BCUT2D eigenvalue weighted by Crippen LogP contribution is 2.17. The van der Waals surface area contributed by atoms with Gasteiger partial charge in [0.2, 0.25) is 0 Å². The van der Waals surface area contributed by atoms with Crippen LogP contribution in [-0.2, 0) is 4.79 Å². The van der Waals surface area contributed by atoms with Crippen molar-refractivity contribution in [2.45, 2.75) is 39.8 Å². The van der Waals surface area contributed by atoms with Crippen molar-refractivity contribution in [3.8, 4) is 0 Å². The fourth-order valence-electron chi connectivity index (χ4n) is 1.81. The van der Waals surface area contributed by atoms with Crippen molar-refractivity contribution in [2.75, 3.05) is 6.54 Å². The maximum atomic E-state index is 11.9. The molecule has 104 valence electrons. The summed E-state index contributed by atoms with van der Waals surface area (Å²) in [6.45, 7) is 8.97. The van der Waals surface area contributed by atoms with Gasteiger partial charge >= 0.3 is 0 Å². The van der Waals surface area contributed by atoms with Gasteiger partial charge in [-0.1, -0.05) is 13.8 Å². The van der Waals surface area contributed by atoms with E-state index in [0.717, 1.165) is 5.56 Å². The minimum Gasteiger partial charge on any atom is -0.340 e. The average Bonchev–Trinajstić information content (AvgIpc) is 2.92. The van der Waals surface area contributed by atoms with Crippen LogP contribution in [0.2, 0.25) is 0 Å². The van der Waals surface area contributed by atoms with Gasteiger partial charge in [0.1, 0.15) is 6.04 Å². The Labute approximate surface area is 113 Å². The van der Waals surface area contributed by atoms with E-state index in [-0.39, 0.29) is 11.9 Å². The Kier molecular flexibility index (Phi) is 3.87. The third kappa shape index (κ3) is 3.13. The molecular formula is C13H21N5O. The fourth-order valence-corrected chi connectivity index (χ4v) is 1.81. The predicted molar refractivity (Wildman–Crippen MR) is 73.8 cm³/mol. The number of aromatic nitrogens is 2. The smallest absolute Gasteiger partial charge is 0.254 e. The molecule has 1 atom stereocenters. The molecule has 19 heavy (non-hydrogen) atoms. The van der Waals surface area contributed by atoms with E-state index in [0.29, 0.717) is 18.4 Å². The van der Waals surface area contributed by atoms with Crippen molar-refractivity contribution in [1.82, 2.24) is 20.4 Å². The summed E-state index contributed by atoms with van der Waals surface area (Å²) >= 11 is 0. The van der Waals surface area contributed by atoms with Crippen LogP contribution in [0.25, 0.3) is 0 Å². The standard InChI is InChI=1S/C13H21N5O/c1-8(2)5-14-13-16-11(12(19)17-13)10-6-15-18(7-10)9(3)4/h6-9,11H,5H2,1-4H3,(H2,14,16,17,19). The molecule has 6 nitrogen and oxygen atoms in total. The highest BCUT2D eigenvalue weighted by molar-refractivity contribution is 6.06. The first-order valence-corrected chi connectivity index (χ1v) is 6.63. The number of rotatable bonds is 4. The van der Waals surface area contributed by atoms with Crippen molar-refractivity contribution in [1.29, 1.82) is 0 Å². The predicted octanol–water partition coefficient (Wildman–Crippen LogP) is 1.24. The number of hydrogen-bond donors (Lipinski definition) is 2. The van der Waals surface area contributed by atoms with E-state index in [4.69, 9.17) is 0 Å². The van der Waals surface area contributed by atoms with E-state index in [1.807, 2.05) is 10.9 Å². The monoisotopic (exact) mass is 263 g/mol. The van der Waals surface area contributed by atoms with Crippen LogP contribution in [0.3, 0.4) is 0 Å². The topological polar surface area (TPSA) is 71.3 Å². The van der Waals surface area contributed by atoms with E-state index < -0.39 is 6.04 Å². The molecule has 0 spiro atoms. The third-order valence-electron chi connectivity index (χ3n) is 2.88. The van der Waals surface area contributed by atoms with Gasteiger partial charge in [-0.3, -0.25) is 19.8 Å². The Balaban J connectivity index is 2.09. The van der Waals surface area contributed by atoms with Crippen molar-refractivity contribution in [2.24, 2.45) is 10.9 Å². The van der Waals surface area contributed by atoms with Crippen molar-refractivity contribution < 1.29 is 4.79 Å². The molecule has 1 unspecified atom stereocenters. The molecule has 2 rings (SSSR count). The summed E-state index contributed by atoms with van der Waals surface area (Å²) in [6.07, 6.45) is 3.62. The number of carbonyl (C=O) groups excluding carboxylic acids is 1. The summed E-state index contributed by atoms with van der Waals surface area (Å²) < 4.78 is 1.84. The molecule has 1 saturated heterocycles.